The molecule has 7 heteroatoms. The first-order chi connectivity index (χ1) is 8.93. The van der Waals surface area contributed by atoms with Gasteiger partial charge in [0.25, 0.3) is 10.0 Å². The van der Waals surface area contributed by atoms with Gasteiger partial charge in [0.15, 0.2) is 0 Å². The van der Waals surface area contributed by atoms with Gasteiger partial charge in [-0.3, -0.25) is 5.84 Å². The number of nitrogens with two attached hydrogens (primary N) is 2. The molecule has 0 saturated carbocycles. The lowest BCUT2D eigenvalue weighted by atomic mass is 10.3. The molecule has 1 heterocycles. The first kappa shape index (κ1) is 13.6. The van der Waals surface area contributed by atoms with Crippen LogP contribution in [0.5, 0.6) is 0 Å². The average Bonchev–Trinajstić information content (AvgIpc) is 2.39. The lowest BCUT2D eigenvalue weighted by Crippen LogP contribution is -2.51. The van der Waals surface area contributed by atoms with Crippen LogP contribution in [-0.2, 0) is 10.0 Å². The molecule has 4 N–H and O–H groups in total. The number of benzene rings is 1. The molecule has 102 valence electrons. The number of hydrazine groups is 1. The second kappa shape index (κ2) is 5.04. The molecule has 0 aliphatic carbocycles. The van der Waals surface area contributed by atoms with Crippen LogP contribution >= 0.6 is 0 Å². The van der Waals surface area contributed by atoms with E-state index < -0.39 is 16.2 Å². The van der Waals surface area contributed by atoms with Gasteiger partial charge < -0.3 is 10.6 Å². The maximum absolute atomic E-state index is 12.4. The standard InChI is InChI=1S/C12H16N4O2S/c1-15-9-3-2-4-12(15)16(14)19(17,18)11-7-5-10(13)6-8-11/h2-9,12H,13-14H2,1H3. The minimum Gasteiger partial charge on any atom is -0.399 e. The van der Waals surface area contributed by atoms with E-state index in [9.17, 15) is 8.42 Å². The van der Waals surface area contributed by atoms with E-state index in [1.54, 1.807) is 36.4 Å². The van der Waals surface area contributed by atoms with E-state index in [-0.39, 0.29) is 4.90 Å². The first-order valence-corrected chi connectivity index (χ1v) is 7.08. The summed E-state index contributed by atoms with van der Waals surface area (Å²) < 4.78 is 25.6. The van der Waals surface area contributed by atoms with Crippen LogP contribution in [0.2, 0.25) is 0 Å². The molecule has 0 fully saturated rings. The fourth-order valence-corrected chi connectivity index (χ4v) is 2.97. The summed E-state index contributed by atoms with van der Waals surface area (Å²) in [6.45, 7) is 0. The Hall–Kier alpha value is -1.83. The van der Waals surface area contributed by atoms with Crippen LogP contribution < -0.4 is 11.6 Å². The smallest absolute Gasteiger partial charge is 0.257 e. The molecular weight excluding hydrogens is 264 g/mol. The number of nitrogen functional groups attached to an aromatic ring is 1. The quantitative estimate of drug-likeness (QED) is 0.477. The molecule has 0 radical (unpaired) electrons. The maximum Gasteiger partial charge on any atom is 0.257 e. The van der Waals surface area contributed by atoms with E-state index in [1.165, 1.54) is 24.3 Å². The van der Waals surface area contributed by atoms with Crippen molar-refractivity contribution in [2.75, 3.05) is 12.8 Å². The number of nitrogens with zero attached hydrogens (tertiary/aromatic N) is 2. The molecule has 2 rings (SSSR count). The van der Waals surface area contributed by atoms with Gasteiger partial charge in [-0.15, -0.1) is 4.41 Å². The zero-order valence-corrected chi connectivity index (χ0v) is 11.3. The Labute approximate surface area is 112 Å². The van der Waals surface area contributed by atoms with Gasteiger partial charge in [0.05, 0.1) is 4.90 Å². The zero-order valence-electron chi connectivity index (χ0n) is 10.5. The SMILES string of the molecule is CN1C=CC=CC1N(N)S(=O)(=O)c1ccc(N)cc1. The number of likely N-dealkylation sites (N-methyl/N-ethyl adjacent to an activating group) is 1. The number of allylic oxidation sites excluding steroid dienone is 2. The van der Waals surface area contributed by atoms with Crippen molar-refractivity contribution in [2.24, 2.45) is 5.84 Å². The van der Waals surface area contributed by atoms with Crippen LogP contribution in [0, 0.1) is 0 Å². The summed E-state index contributed by atoms with van der Waals surface area (Å²) in [6, 6.07) is 5.93. The highest BCUT2D eigenvalue weighted by Crippen LogP contribution is 2.19. The van der Waals surface area contributed by atoms with Crippen LogP contribution in [0.15, 0.2) is 53.6 Å². The van der Waals surface area contributed by atoms with Gasteiger partial charge in [-0.05, 0) is 36.4 Å². The Bertz CT molecular complexity index is 607. The Morgan fingerprint density at radius 2 is 1.84 bits per heavy atom. The van der Waals surface area contributed by atoms with Gasteiger partial charge in [0.1, 0.15) is 6.17 Å². The van der Waals surface area contributed by atoms with E-state index in [2.05, 4.69) is 0 Å². The summed E-state index contributed by atoms with van der Waals surface area (Å²) in [5, 5.41) is 0. The Morgan fingerprint density at radius 3 is 2.42 bits per heavy atom. The van der Waals surface area contributed by atoms with Gasteiger partial charge in [0, 0.05) is 18.9 Å². The number of sulfonamides is 1. The van der Waals surface area contributed by atoms with Crippen LogP contribution in [0.4, 0.5) is 5.69 Å². The molecule has 1 atom stereocenters. The van der Waals surface area contributed by atoms with E-state index >= 15 is 0 Å². The van der Waals surface area contributed by atoms with Gasteiger partial charge in [-0.1, -0.05) is 6.08 Å². The lowest BCUT2D eigenvalue weighted by Gasteiger charge is -2.32. The van der Waals surface area contributed by atoms with Crippen molar-refractivity contribution in [3.63, 3.8) is 0 Å². The average molecular weight is 280 g/mol. The topological polar surface area (TPSA) is 92.7 Å². The van der Waals surface area contributed by atoms with Crippen molar-refractivity contribution >= 4 is 15.7 Å². The minimum atomic E-state index is -3.76. The summed E-state index contributed by atoms with van der Waals surface area (Å²) in [6.07, 6.45) is 6.47. The second-order valence-corrected chi connectivity index (χ2v) is 6.05. The van der Waals surface area contributed by atoms with E-state index in [0.717, 1.165) is 4.41 Å². The number of anilines is 1. The highest BCUT2D eigenvalue weighted by Gasteiger charge is 2.29. The first-order valence-electron chi connectivity index (χ1n) is 5.64. The van der Waals surface area contributed by atoms with Crippen molar-refractivity contribution < 1.29 is 8.42 Å². The summed E-state index contributed by atoms with van der Waals surface area (Å²) in [4.78, 5) is 1.81. The molecule has 0 amide bonds. The van der Waals surface area contributed by atoms with Crippen molar-refractivity contribution in [2.45, 2.75) is 11.1 Å². The normalized spacial score (nSPS) is 19.1. The lowest BCUT2D eigenvalue weighted by molar-refractivity contribution is 0.219. The minimum absolute atomic E-state index is 0.112. The molecule has 19 heavy (non-hydrogen) atoms. The van der Waals surface area contributed by atoms with Gasteiger partial charge in [-0.2, -0.15) is 0 Å². The summed E-state index contributed by atoms with van der Waals surface area (Å²) >= 11 is 0. The monoisotopic (exact) mass is 280 g/mol. The van der Waals surface area contributed by atoms with Gasteiger partial charge in [0.2, 0.25) is 0 Å². The van der Waals surface area contributed by atoms with Crippen molar-refractivity contribution in [3.05, 3.63) is 48.7 Å². The molecule has 1 aliphatic rings. The molecule has 0 bridgehead atoms. The predicted octanol–water partition coefficient (Wildman–Crippen LogP) is 0.475. The molecule has 1 aromatic rings. The number of rotatable bonds is 3. The molecule has 0 saturated heterocycles. The molecule has 6 nitrogen and oxygen atoms in total. The Balaban J connectivity index is 2.31. The fraction of sp³-hybridized carbons (Fsp3) is 0.167. The third-order valence-electron chi connectivity index (χ3n) is 2.85. The summed E-state index contributed by atoms with van der Waals surface area (Å²) in [7, 11) is -2.01. The van der Waals surface area contributed by atoms with Crippen LogP contribution in [0.3, 0.4) is 0 Å². The Morgan fingerprint density at radius 1 is 1.21 bits per heavy atom. The van der Waals surface area contributed by atoms with E-state index in [0.29, 0.717) is 5.69 Å². The Kier molecular flexibility index (Phi) is 3.61. The maximum atomic E-state index is 12.4. The second-order valence-electron chi connectivity index (χ2n) is 4.21. The van der Waals surface area contributed by atoms with Gasteiger partial charge in [-0.25, -0.2) is 8.42 Å². The molecule has 1 aliphatic heterocycles. The highest BCUT2D eigenvalue weighted by molar-refractivity contribution is 7.89. The largest absolute Gasteiger partial charge is 0.399 e. The van der Waals surface area contributed by atoms with Crippen molar-refractivity contribution in [1.82, 2.24) is 9.31 Å². The molecule has 0 spiro atoms. The molecular formula is C12H16N4O2S. The van der Waals surface area contributed by atoms with E-state index in [1.807, 2.05) is 0 Å². The molecule has 1 unspecified atom stereocenters. The summed E-state index contributed by atoms with van der Waals surface area (Å²) in [5.41, 5.74) is 6.04. The van der Waals surface area contributed by atoms with Crippen LogP contribution in [0.25, 0.3) is 0 Å². The number of hydrogen-bond donors (Lipinski definition) is 2. The van der Waals surface area contributed by atoms with Crippen molar-refractivity contribution in [1.29, 1.82) is 0 Å². The van der Waals surface area contributed by atoms with Crippen LogP contribution in [-0.4, -0.2) is 30.9 Å². The molecule has 1 aromatic carbocycles. The third kappa shape index (κ3) is 2.62. The van der Waals surface area contributed by atoms with Gasteiger partial charge >= 0.3 is 0 Å². The predicted molar refractivity (Wildman–Crippen MR) is 73.9 cm³/mol. The summed E-state index contributed by atoms with van der Waals surface area (Å²) in [5.74, 6) is 5.77. The van der Waals surface area contributed by atoms with Crippen LogP contribution in [0.1, 0.15) is 0 Å². The zero-order chi connectivity index (χ0) is 14.0. The third-order valence-corrected chi connectivity index (χ3v) is 4.49. The fourth-order valence-electron chi connectivity index (χ4n) is 1.74. The highest BCUT2D eigenvalue weighted by atomic mass is 32.2. The van der Waals surface area contributed by atoms with E-state index in [4.69, 9.17) is 11.6 Å². The number of hydrogen-bond acceptors (Lipinski definition) is 5. The van der Waals surface area contributed by atoms with Crippen molar-refractivity contribution in [3.8, 4) is 0 Å². The molecule has 0 aromatic heterocycles.